The monoisotopic (exact) mass is 264 g/mol. The molecule has 1 aromatic heterocycles. The largest absolute Gasteiger partial charge is 0.378 e. The Hall–Kier alpha value is -2.62. The summed E-state index contributed by atoms with van der Waals surface area (Å²) in [7, 11) is 4.06. The van der Waals surface area contributed by atoms with E-state index in [0.717, 1.165) is 16.6 Å². The Morgan fingerprint density at radius 2 is 1.80 bits per heavy atom. The van der Waals surface area contributed by atoms with Crippen LogP contribution in [-0.4, -0.2) is 30.0 Å². The molecule has 0 atom stereocenters. The minimum absolute atomic E-state index is 0.951. The lowest BCUT2D eigenvalue weighted by Gasteiger charge is -2.11. The topological polar surface area (TPSA) is 33.4 Å². The number of hydrogen-bond acceptors (Lipinski definition) is 3. The van der Waals surface area contributed by atoms with Gasteiger partial charge in [0.25, 0.3) is 0 Å². The lowest BCUT2D eigenvalue weighted by Crippen LogP contribution is -2.08. The zero-order chi connectivity index (χ0) is 13.9. The molecule has 0 aliphatic carbocycles. The van der Waals surface area contributed by atoms with Crippen LogP contribution in [0, 0.1) is 0 Å². The van der Waals surface area contributed by atoms with Crippen LogP contribution in [0.1, 0.15) is 5.56 Å². The minimum Gasteiger partial charge on any atom is -0.378 e. The van der Waals surface area contributed by atoms with Gasteiger partial charge in [-0.2, -0.15) is 5.10 Å². The number of rotatable bonds is 3. The quantitative estimate of drug-likeness (QED) is 0.681. The third-order valence-electron chi connectivity index (χ3n) is 3.18. The number of para-hydroxylation sites is 2. The van der Waals surface area contributed by atoms with Crippen LogP contribution >= 0.6 is 0 Å². The Morgan fingerprint density at radius 1 is 1.05 bits per heavy atom. The number of fused-ring (bicyclic) bond motifs is 1. The van der Waals surface area contributed by atoms with Crippen LogP contribution in [0.4, 0.5) is 5.69 Å². The van der Waals surface area contributed by atoms with E-state index in [1.54, 1.807) is 11.0 Å². The Morgan fingerprint density at radius 3 is 2.55 bits per heavy atom. The highest BCUT2D eigenvalue weighted by Gasteiger charge is 1.99. The molecule has 4 nitrogen and oxygen atoms in total. The Bertz CT molecular complexity index is 739. The van der Waals surface area contributed by atoms with Crippen molar-refractivity contribution in [1.82, 2.24) is 9.66 Å². The maximum atomic E-state index is 4.45. The average Bonchev–Trinajstić information content (AvgIpc) is 2.89. The fraction of sp³-hybridized carbons (Fsp3) is 0.125. The van der Waals surface area contributed by atoms with Gasteiger partial charge in [0, 0.05) is 19.8 Å². The maximum absolute atomic E-state index is 4.45. The average molecular weight is 264 g/mol. The van der Waals surface area contributed by atoms with Crippen LogP contribution < -0.4 is 4.90 Å². The zero-order valence-electron chi connectivity index (χ0n) is 11.6. The minimum atomic E-state index is 0.951. The number of aromatic nitrogens is 2. The van der Waals surface area contributed by atoms with Crippen molar-refractivity contribution in [2.24, 2.45) is 5.10 Å². The van der Waals surface area contributed by atoms with Gasteiger partial charge in [-0.1, -0.05) is 24.3 Å². The highest BCUT2D eigenvalue weighted by atomic mass is 15.4. The first kappa shape index (κ1) is 12.4. The van der Waals surface area contributed by atoms with Crippen molar-refractivity contribution >= 4 is 22.9 Å². The molecule has 0 amide bonds. The predicted octanol–water partition coefficient (Wildman–Crippen LogP) is 2.98. The molecule has 0 radical (unpaired) electrons. The third kappa shape index (κ3) is 2.40. The summed E-state index contributed by atoms with van der Waals surface area (Å²) in [5.41, 5.74) is 4.20. The summed E-state index contributed by atoms with van der Waals surface area (Å²) >= 11 is 0. The van der Waals surface area contributed by atoms with E-state index in [1.165, 1.54) is 5.69 Å². The molecule has 0 saturated heterocycles. The van der Waals surface area contributed by atoms with Crippen molar-refractivity contribution in [3.8, 4) is 0 Å². The van der Waals surface area contributed by atoms with Crippen LogP contribution in [0.2, 0.25) is 0 Å². The van der Waals surface area contributed by atoms with Crippen LogP contribution in [-0.2, 0) is 0 Å². The van der Waals surface area contributed by atoms with E-state index in [4.69, 9.17) is 0 Å². The predicted molar refractivity (Wildman–Crippen MR) is 83.5 cm³/mol. The van der Waals surface area contributed by atoms with E-state index in [2.05, 4.69) is 39.3 Å². The number of benzene rings is 2. The van der Waals surface area contributed by atoms with Crippen molar-refractivity contribution < 1.29 is 0 Å². The van der Waals surface area contributed by atoms with E-state index >= 15 is 0 Å². The second kappa shape index (κ2) is 5.17. The summed E-state index contributed by atoms with van der Waals surface area (Å²) in [6, 6.07) is 16.2. The molecule has 0 bridgehead atoms. The van der Waals surface area contributed by atoms with Gasteiger partial charge in [-0.25, -0.2) is 9.66 Å². The molecule has 0 N–H and O–H groups in total. The highest BCUT2D eigenvalue weighted by molar-refractivity contribution is 5.81. The first-order valence-corrected chi connectivity index (χ1v) is 6.48. The molecule has 4 heteroatoms. The van der Waals surface area contributed by atoms with Crippen LogP contribution in [0.15, 0.2) is 60.0 Å². The molecule has 0 aliphatic heterocycles. The van der Waals surface area contributed by atoms with Crippen LogP contribution in [0.5, 0.6) is 0 Å². The molecule has 1 heterocycles. The lowest BCUT2D eigenvalue weighted by molar-refractivity contribution is 0.914. The highest BCUT2D eigenvalue weighted by Crippen LogP contribution is 2.13. The molecule has 0 saturated carbocycles. The summed E-state index contributed by atoms with van der Waals surface area (Å²) in [6.45, 7) is 0. The summed E-state index contributed by atoms with van der Waals surface area (Å²) in [5.74, 6) is 0. The molecular formula is C16H16N4. The molecule has 2 aromatic carbocycles. The molecule has 3 rings (SSSR count). The molecule has 0 spiro atoms. The van der Waals surface area contributed by atoms with Crippen molar-refractivity contribution in [2.75, 3.05) is 19.0 Å². The lowest BCUT2D eigenvalue weighted by atomic mass is 10.2. The maximum Gasteiger partial charge on any atom is 0.118 e. The molecule has 3 aromatic rings. The molecule has 0 aliphatic rings. The number of imidazole rings is 1. The third-order valence-corrected chi connectivity index (χ3v) is 3.18. The SMILES string of the molecule is CN(C)c1ccc(/C=N/n2cnc3ccccc32)cc1. The van der Waals surface area contributed by atoms with Crippen molar-refractivity contribution in [2.45, 2.75) is 0 Å². The van der Waals surface area contributed by atoms with Gasteiger partial charge in [-0.05, 0) is 29.8 Å². The second-order valence-corrected chi connectivity index (χ2v) is 4.81. The first-order chi connectivity index (χ1) is 9.74. The molecule has 20 heavy (non-hydrogen) atoms. The molecular weight excluding hydrogens is 248 g/mol. The Balaban J connectivity index is 1.86. The van der Waals surface area contributed by atoms with E-state index in [-0.39, 0.29) is 0 Å². The van der Waals surface area contributed by atoms with Gasteiger partial charge < -0.3 is 4.90 Å². The normalized spacial score (nSPS) is 11.3. The molecule has 0 unspecified atom stereocenters. The fourth-order valence-corrected chi connectivity index (χ4v) is 2.03. The van der Waals surface area contributed by atoms with Gasteiger partial charge in [0.2, 0.25) is 0 Å². The fourth-order valence-electron chi connectivity index (χ4n) is 2.03. The first-order valence-electron chi connectivity index (χ1n) is 6.48. The second-order valence-electron chi connectivity index (χ2n) is 4.81. The smallest absolute Gasteiger partial charge is 0.118 e. The Kier molecular flexibility index (Phi) is 3.21. The summed E-state index contributed by atoms with van der Waals surface area (Å²) < 4.78 is 1.79. The van der Waals surface area contributed by atoms with Gasteiger partial charge in [0.1, 0.15) is 6.33 Å². The van der Waals surface area contributed by atoms with E-state index < -0.39 is 0 Å². The zero-order valence-corrected chi connectivity index (χ0v) is 11.6. The van der Waals surface area contributed by atoms with Crippen LogP contribution in [0.3, 0.4) is 0 Å². The van der Waals surface area contributed by atoms with E-state index in [9.17, 15) is 0 Å². The van der Waals surface area contributed by atoms with E-state index in [1.807, 2.05) is 44.6 Å². The summed E-state index contributed by atoms with van der Waals surface area (Å²) in [6.07, 6.45) is 3.57. The van der Waals surface area contributed by atoms with Crippen LogP contribution in [0.25, 0.3) is 11.0 Å². The van der Waals surface area contributed by atoms with Gasteiger partial charge in [0.05, 0.1) is 17.2 Å². The number of hydrogen-bond donors (Lipinski definition) is 0. The van der Waals surface area contributed by atoms with Crippen molar-refractivity contribution in [3.63, 3.8) is 0 Å². The van der Waals surface area contributed by atoms with Gasteiger partial charge in [0.15, 0.2) is 0 Å². The summed E-state index contributed by atoms with van der Waals surface area (Å²) in [4.78, 5) is 6.38. The standard InChI is InChI=1S/C16H16N4/c1-19(2)14-9-7-13(8-10-14)11-18-20-12-17-15-5-3-4-6-16(15)20/h3-12H,1-2H3/b18-11+. The van der Waals surface area contributed by atoms with Crippen molar-refractivity contribution in [1.29, 1.82) is 0 Å². The molecule has 0 fully saturated rings. The summed E-state index contributed by atoms with van der Waals surface area (Å²) in [5, 5.41) is 4.45. The molecule has 100 valence electrons. The number of anilines is 1. The van der Waals surface area contributed by atoms with E-state index in [0.29, 0.717) is 0 Å². The Labute approximate surface area is 118 Å². The van der Waals surface area contributed by atoms with Gasteiger partial charge in [-0.15, -0.1) is 0 Å². The number of nitrogens with zero attached hydrogens (tertiary/aromatic N) is 4. The van der Waals surface area contributed by atoms with Crippen molar-refractivity contribution in [3.05, 3.63) is 60.4 Å². The van der Waals surface area contributed by atoms with Gasteiger partial charge >= 0.3 is 0 Å². The van der Waals surface area contributed by atoms with Gasteiger partial charge in [-0.3, -0.25) is 0 Å².